The zero-order valence-electron chi connectivity index (χ0n) is 11.8. The fraction of sp³-hybridized carbons (Fsp3) is 0.571. The first kappa shape index (κ1) is 14.3. The van der Waals surface area contributed by atoms with E-state index < -0.39 is 17.5 Å². The van der Waals surface area contributed by atoms with Crippen LogP contribution in [0.5, 0.6) is 0 Å². The summed E-state index contributed by atoms with van der Waals surface area (Å²) >= 11 is 0. The molecule has 3 atom stereocenters. The molecule has 114 valence electrons. The SMILES string of the molecule is CCC1NNC2CCN(C(=O)c3ncc(F)cc3F)CC12. The summed E-state index contributed by atoms with van der Waals surface area (Å²) in [5.74, 6) is -1.85. The van der Waals surface area contributed by atoms with Gasteiger partial charge >= 0.3 is 0 Å². The van der Waals surface area contributed by atoms with Crippen molar-refractivity contribution in [3.05, 3.63) is 29.6 Å². The molecule has 2 aliphatic heterocycles. The fourth-order valence-corrected chi connectivity index (χ4v) is 3.20. The average Bonchev–Trinajstić information content (AvgIpc) is 2.88. The first-order chi connectivity index (χ1) is 10.1. The van der Waals surface area contributed by atoms with Crippen molar-refractivity contribution in [1.82, 2.24) is 20.7 Å². The Bertz CT molecular complexity index is 548. The van der Waals surface area contributed by atoms with Crippen molar-refractivity contribution in [1.29, 1.82) is 0 Å². The van der Waals surface area contributed by atoms with E-state index in [0.29, 0.717) is 37.2 Å². The second kappa shape index (κ2) is 5.65. The summed E-state index contributed by atoms with van der Waals surface area (Å²) in [5, 5.41) is 0. The molecule has 2 aliphatic rings. The first-order valence-electron chi connectivity index (χ1n) is 7.21. The maximum absolute atomic E-state index is 13.7. The van der Waals surface area contributed by atoms with Gasteiger partial charge in [0.2, 0.25) is 0 Å². The summed E-state index contributed by atoms with van der Waals surface area (Å²) in [6, 6.07) is 1.34. The van der Waals surface area contributed by atoms with Gasteiger partial charge in [0.15, 0.2) is 11.5 Å². The first-order valence-corrected chi connectivity index (χ1v) is 7.21. The molecule has 0 saturated carbocycles. The Labute approximate surface area is 121 Å². The molecule has 21 heavy (non-hydrogen) atoms. The van der Waals surface area contributed by atoms with Gasteiger partial charge in [0, 0.05) is 37.2 Å². The van der Waals surface area contributed by atoms with Crippen LogP contribution < -0.4 is 10.9 Å². The Hall–Kier alpha value is -1.60. The fourth-order valence-electron chi connectivity index (χ4n) is 3.20. The summed E-state index contributed by atoms with van der Waals surface area (Å²) < 4.78 is 26.6. The van der Waals surface area contributed by atoms with Crippen LogP contribution in [-0.2, 0) is 0 Å². The number of hydrazine groups is 1. The molecule has 1 aromatic rings. The molecule has 0 radical (unpaired) electrons. The van der Waals surface area contributed by atoms with Crippen LogP contribution >= 0.6 is 0 Å². The second-order valence-corrected chi connectivity index (χ2v) is 5.60. The minimum Gasteiger partial charge on any atom is -0.337 e. The molecule has 1 aromatic heterocycles. The molecule has 3 rings (SSSR count). The third-order valence-electron chi connectivity index (χ3n) is 4.37. The van der Waals surface area contributed by atoms with Crippen molar-refractivity contribution >= 4 is 5.91 Å². The number of carbonyl (C=O) groups is 1. The van der Waals surface area contributed by atoms with Gasteiger partial charge in [-0.1, -0.05) is 6.92 Å². The van der Waals surface area contributed by atoms with Crippen LogP contribution in [0.25, 0.3) is 0 Å². The van der Waals surface area contributed by atoms with E-state index >= 15 is 0 Å². The lowest BCUT2D eigenvalue weighted by Gasteiger charge is -2.35. The third-order valence-corrected chi connectivity index (χ3v) is 4.37. The van der Waals surface area contributed by atoms with Crippen molar-refractivity contribution in [2.75, 3.05) is 13.1 Å². The number of carbonyl (C=O) groups excluding carboxylic acids is 1. The van der Waals surface area contributed by atoms with Gasteiger partial charge in [0.25, 0.3) is 5.91 Å². The van der Waals surface area contributed by atoms with Crippen molar-refractivity contribution in [3.8, 4) is 0 Å². The molecule has 5 nitrogen and oxygen atoms in total. The maximum Gasteiger partial charge on any atom is 0.275 e. The van der Waals surface area contributed by atoms with E-state index in [-0.39, 0.29) is 5.69 Å². The van der Waals surface area contributed by atoms with Crippen LogP contribution in [0.2, 0.25) is 0 Å². The topological polar surface area (TPSA) is 57.3 Å². The van der Waals surface area contributed by atoms with Crippen molar-refractivity contribution in [2.24, 2.45) is 5.92 Å². The van der Waals surface area contributed by atoms with E-state index in [2.05, 4.69) is 22.8 Å². The van der Waals surface area contributed by atoms with E-state index in [4.69, 9.17) is 0 Å². The Morgan fingerprint density at radius 1 is 1.48 bits per heavy atom. The van der Waals surface area contributed by atoms with Gasteiger partial charge in [-0.15, -0.1) is 0 Å². The number of pyridine rings is 1. The molecule has 2 fully saturated rings. The predicted molar refractivity (Wildman–Crippen MR) is 72.3 cm³/mol. The van der Waals surface area contributed by atoms with Gasteiger partial charge < -0.3 is 4.90 Å². The predicted octanol–water partition coefficient (Wildman–Crippen LogP) is 1.08. The number of fused-ring (bicyclic) bond motifs is 1. The lowest BCUT2D eigenvalue weighted by Crippen LogP contribution is -2.49. The minimum absolute atomic E-state index is 0.302. The van der Waals surface area contributed by atoms with E-state index in [1.165, 1.54) is 0 Å². The minimum atomic E-state index is -0.906. The van der Waals surface area contributed by atoms with Crippen LogP contribution in [0.4, 0.5) is 8.78 Å². The number of amides is 1. The van der Waals surface area contributed by atoms with E-state index in [0.717, 1.165) is 19.0 Å². The van der Waals surface area contributed by atoms with Gasteiger partial charge in [-0.25, -0.2) is 13.8 Å². The molecule has 3 heterocycles. The van der Waals surface area contributed by atoms with E-state index in [9.17, 15) is 13.6 Å². The highest BCUT2D eigenvalue weighted by Gasteiger charge is 2.40. The Morgan fingerprint density at radius 2 is 2.29 bits per heavy atom. The van der Waals surface area contributed by atoms with Crippen LogP contribution in [0, 0.1) is 17.6 Å². The highest BCUT2D eigenvalue weighted by atomic mass is 19.1. The largest absolute Gasteiger partial charge is 0.337 e. The van der Waals surface area contributed by atoms with Crippen molar-refractivity contribution in [3.63, 3.8) is 0 Å². The zero-order chi connectivity index (χ0) is 15.0. The normalized spacial score (nSPS) is 28.5. The van der Waals surface area contributed by atoms with E-state index in [1.807, 2.05) is 0 Å². The number of rotatable bonds is 2. The van der Waals surface area contributed by atoms with Gasteiger partial charge in [-0.3, -0.25) is 15.6 Å². The summed E-state index contributed by atoms with van der Waals surface area (Å²) in [7, 11) is 0. The van der Waals surface area contributed by atoms with Crippen LogP contribution in [0.1, 0.15) is 30.3 Å². The number of halogens is 2. The number of nitrogens with one attached hydrogen (secondary N) is 2. The molecule has 0 bridgehead atoms. The number of piperidine rings is 1. The quantitative estimate of drug-likeness (QED) is 0.857. The number of hydrogen-bond acceptors (Lipinski definition) is 4. The standard InChI is InChI=1S/C14H18F2N4O/c1-2-11-9-7-20(4-3-12(9)19-18-11)14(21)13-10(16)5-8(15)6-17-13/h5-6,9,11-12,18-19H,2-4,7H2,1H3. The summed E-state index contributed by atoms with van der Waals surface area (Å²) in [4.78, 5) is 17.6. The van der Waals surface area contributed by atoms with Crippen LogP contribution in [-0.4, -0.2) is 41.0 Å². The molecule has 2 saturated heterocycles. The maximum atomic E-state index is 13.7. The van der Waals surface area contributed by atoms with Gasteiger partial charge in [0.05, 0.1) is 6.20 Å². The number of likely N-dealkylation sites (tertiary alicyclic amines) is 1. The molecule has 2 N–H and O–H groups in total. The molecule has 7 heteroatoms. The molecule has 3 unspecified atom stereocenters. The highest BCUT2D eigenvalue weighted by molar-refractivity contribution is 5.92. The summed E-state index contributed by atoms with van der Waals surface area (Å²) in [5.41, 5.74) is 6.19. The molecular formula is C14H18F2N4O. The van der Waals surface area contributed by atoms with Gasteiger partial charge in [0.1, 0.15) is 5.82 Å². The summed E-state index contributed by atoms with van der Waals surface area (Å²) in [6.07, 6.45) is 2.64. The van der Waals surface area contributed by atoms with Crippen molar-refractivity contribution in [2.45, 2.75) is 31.8 Å². The molecule has 0 aliphatic carbocycles. The number of hydrogen-bond donors (Lipinski definition) is 2. The smallest absolute Gasteiger partial charge is 0.275 e. The van der Waals surface area contributed by atoms with Crippen LogP contribution in [0.3, 0.4) is 0 Å². The molecule has 1 amide bonds. The van der Waals surface area contributed by atoms with E-state index in [1.54, 1.807) is 4.90 Å². The van der Waals surface area contributed by atoms with Gasteiger partial charge in [-0.05, 0) is 12.8 Å². The highest BCUT2D eigenvalue weighted by Crippen LogP contribution is 2.26. The lowest BCUT2D eigenvalue weighted by molar-refractivity contribution is 0.0640. The summed E-state index contributed by atoms with van der Waals surface area (Å²) in [6.45, 7) is 3.19. The Kier molecular flexibility index (Phi) is 3.86. The van der Waals surface area contributed by atoms with Gasteiger partial charge in [-0.2, -0.15) is 0 Å². The van der Waals surface area contributed by atoms with Crippen molar-refractivity contribution < 1.29 is 13.6 Å². The Morgan fingerprint density at radius 3 is 3.00 bits per heavy atom. The second-order valence-electron chi connectivity index (χ2n) is 5.60. The average molecular weight is 296 g/mol. The zero-order valence-corrected chi connectivity index (χ0v) is 11.8. The van der Waals surface area contributed by atoms with Crippen LogP contribution in [0.15, 0.2) is 12.3 Å². The monoisotopic (exact) mass is 296 g/mol. The molecule has 0 aromatic carbocycles. The molecular weight excluding hydrogens is 278 g/mol. The third kappa shape index (κ3) is 2.63. The molecule has 0 spiro atoms. The Balaban J connectivity index is 1.76. The lowest BCUT2D eigenvalue weighted by atomic mass is 9.87. The number of aromatic nitrogens is 1. The number of nitrogens with zero attached hydrogens (tertiary/aromatic N) is 2.